The Bertz CT molecular complexity index is 445. The number of hydrogen-bond acceptors (Lipinski definition) is 4. The van der Waals surface area contributed by atoms with Gasteiger partial charge in [0, 0.05) is 55.5 Å². The third kappa shape index (κ3) is 4.95. The van der Waals surface area contributed by atoms with Crippen molar-refractivity contribution in [3.05, 3.63) is 28.2 Å². The lowest BCUT2D eigenvalue weighted by molar-refractivity contribution is 0.188. The molecule has 0 atom stereocenters. The van der Waals surface area contributed by atoms with Crippen LogP contribution in [0.2, 0.25) is 0 Å². The molecule has 0 bridgehead atoms. The number of nitrogens with one attached hydrogen (secondary N) is 1. The van der Waals surface area contributed by atoms with Gasteiger partial charge in [-0.2, -0.15) is 0 Å². The van der Waals surface area contributed by atoms with Crippen molar-refractivity contribution in [2.75, 3.05) is 44.2 Å². The average Bonchev–Trinajstić information content (AvgIpc) is 2.46. The minimum absolute atomic E-state index is 0.252. The number of hydrogen-bond donors (Lipinski definition) is 2. The first-order valence-corrected chi connectivity index (χ1v) is 8.49. The second-order valence-electron chi connectivity index (χ2n) is 5.86. The van der Waals surface area contributed by atoms with Gasteiger partial charge in [0.1, 0.15) is 0 Å². The van der Waals surface area contributed by atoms with E-state index in [9.17, 15) is 0 Å². The lowest BCUT2D eigenvalue weighted by Crippen LogP contribution is -2.47. The van der Waals surface area contributed by atoms with Crippen LogP contribution in [0.4, 0.5) is 5.69 Å². The molecule has 0 radical (unpaired) electrons. The molecule has 1 aromatic rings. The summed E-state index contributed by atoms with van der Waals surface area (Å²) in [6.07, 6.45) is 0. The minimum atomic E-state index is 0.252. The highest BCUT2D eigenvalue weighted by Crippen LogP contribution is 2.25. The molecule has 0 aromatic heterocycles. The summed E-state index contributed by atoms with van der Waals surface area (Å²) < 4.78 is 1.13. The molecule has 1 fully saturated rings. The Morgan fingerprint density at radius 1 is 1.24 bits per heavy atom. The van der Waals surface area contributed by atoms with E-state index in [1.165, 1.54) is 11.3 Å². The van der Waals surface area contributed by atoms with E-state index in [2.05, 4.69) is 63.1 Å². The molecule has 0 saturated carbocycles. The maximum atomic E-state index is 9.03. The van der Waals surface area contributed by atoms with Gasteiger partial charge in [-0.1, -0.05) is 29.8 Å². The summed E-state index contributed by atoms with van der Waals surface area (Å²) in [6, 6.07) is 7.03. The van der Waals surface area contributed by atoms with Gasteiger partial charge in [-0.25, -0.2) is 0 Å². The van der Waals surface area contributed by atoms with Crippen molar-refractivity contribution in [3.8, 4) is 0 Å². The molecular formula is C16H26BrN3O. The number of aliphatic hydroxyl groups is 1. The molecule has 0 amide bonds. The fourth-order valence-corrected chi connectivity index (χ4v) is 3.08. The van der Waals surface area contributed by atoms with E-state index in [0.717, 1.165) is 43.7 Å². The van der Waals surface area contributed by atoms with E-state index in [1.807, 2.05) is 0 Å². The van der Waals surface area contributed by atoms with Gasteiger partial charge in [-0.15, -0.1) is 0 Å². The summed E-state index contributed by atoms with van der Waals surface area (Å²) in [7, 11) is 0. The first-order chi connectivity index (χ1) is 10.1. The summed E-state index contributed by atoms with van der Waals surface area (Å²) in [5.41, 5.74) is 2.67. The molecule has 2 N–H and O–H groups in total. The second kappa shape index (κ2) is 8.13. The Hall–Kier alpha value is -0.620. The number of rotatable bonds is 6. The number of benzene rings is 1. The Balaban J connectivity index is 2.05. The maximum Gasteiger partial charge on any atom is 0.0558 e. The van der Waals surface area contributed by atoms with E-state index in [1.54, 1.807) is 0 Å². The number of anilines is 1. The quantitative estimate of drug-likeness (QED) is 0.819. The highest BCUT2D eigenvalue weighted by molar-refractivity contribution is 9.10. The topological polar surface area (TPSA) is 38.7 Å². The zero-order valence-corrected chi connectivity index (χ0v) is 14.6. The molecule has 1 heterocycles. The van der Waals surface area contributed by atoms with Crippen LogP contribution in [-0.2, 0) is 6.54 Å². The van der Waals surface area contributed by atoms with Crippen LogP contribution in [0.3, 0.4) is 0 Å². The monoisotopic (exact) mass is 355 g/mol. The zero-order valence-electron chi connectivity index (χ0n) is 13.0. The first-order valence-electron chi connectivity index (χ1n) is 7.70. The molecule has 21 heavy (non-hydrogen) atoms. The van der Waals surface area contributed by atoms with Gasteiger partial charge in [-0.05, 0) is 23.8 Å². The summed E-state index contributed by atoms with van der Waals surface area (Å²) in [4.78, 5) is 4.78. The number of nitrogens with zero attached hydrogens (tertiary/aromatic N) is 2. The van der Waals surface area contributed by atoms with E-state index < -0.39 is 0 Å². The summed E-state index contributed by atoms with van der Waals surface area (Å²) in [6.45, 7) is 10.4. The van der Waals surface area contributed by atoms with Crippen LogP contribution in [0, 0.1) is 0 Å². The molecular weight excluding hydrogens is 330 g/mol. The Kier molecular flexibility index (Phi) is 6.48. The van der Waals surface area contributed by atoms with Crippen molar-refractivity contribution in [1.82, 2.24) is 10.2 Å². The third-order valence-electron chi connectivity index (χ3n) is 3.87. The maximum absolute atomic E-state index is 9.03. The van der Waals surface area contributed by atoms with Crippen molar-refractivity contribution < 1.29 is 5.11 Å². The fraction of sp³-hybridized carbons (Fsp3) is 0.625. The average molecular weight is 356 g/mol. The van der Waals surface area contributed by atoms with Crippen LogP contribution in [-0.4, -0.2) is 55.4 Å². The zero-order chi connectivity index (χ0) is 15.2. The highest BCUT2D eigenvalue weighted by atomic mass is 79.9. The fourth-order valence-electron chi connectivity index (χ4n) is 2.67. The molecule has 1 aromatic carbocycles. The SMILES string of the molecule is CC(C)NCc1cc(Br)ccc1N1CCN(CCO)CC1. The molecule has 0 aliphatic carbocycles. The van der Waals surface area contributed by atoms with Crippen LogP contribution in [0.15, 0.2) is 22.7 Å². The standard InChI is InChI=1S/C16H26BrN3O/c1-13(2)18-12-14-11-15(17)3-4-16(14)20-7-5-19(6-8-20)9-10-21/h3-4,11,13,18,21H,5-10,12H2,1-2H3. The highest BCUT2D eigenvalue weighted by Gasteiger charge is 2.18. The number of aliphatic hydroxyl groups excluding tert-OH is 1. The van der Waals surface area contributed by atoms with Gasteiger partial charge in [-0.3, -0.25) is 4.90 Å². The molecule has 1 aliphatic rings. The van der Waals surface area contributed by atoms with E-state index in [4.69, 9.17) is 5.11 Å². The van der Waals surface area contributed by atoms with Gasteiger partial charge in [0.25, 0.3) is 0 Å². The van der Waals surface area contributed by atoms with Gasteiger partial charge in [0.2, 0.25) is 0 Å². The minimum Gasteiger partial charge on any atom is -0.395 e. The predicted molar refractivity (Wildman–Crippen MR) is 91.9 cm³/mol. The number of piperazine rings is 1. The van der Waals surface area contributed by atoms with Crippen molar-refractivity contribution >= 4 is 21.6 Å². The van der Waals surface area contributed by atoms with Crippen LogP contribution < -0.4 is 10.2 Å². The van der Waals surface area contributed by atoms with Crippen molar-refractivity contribution in [3.63, 3.8) is 0 Å². The molecule has 5 heteroatoms. The van der Waals surface area contributed by atoms with Gasteiger partial charge in [0.15, 0.2) is 0 Å². The van der Waals surface area contributed by atoms with Crippen LogP contribution in [0.25, 0.3) is 0 Å². The summed E-state index contributed by atoms with van der Waals surface area (Å²) >= 11 is 3.58. The van der Waals surface area contributed by atoms with Crippen molar-refractivity contribution in [2.24, 2.45) is 0 Å². The molecule has 2 rings (SSSR count). The Labute approximate surface area is 136 Å². The van der Waals surface area contributed by atoms with Gasteiger partial charge < -0.3 is 15.3 Å². The Morgan fingerprint density at radius 3 is 2.57 bits per heavy atom. The molecule has 1 saturated heterocycles. The van der Waals surface area contributed by atoms with Crippen molar-refractivity contribution in [1.29, 1.82) is 0 Å². The van der Waals surface area contributed by atoms with Crippen LogP contribution in [0.1, 0.15) is 19.4 Å². The second-order valence-corrected chi connectivity index (χ2v) is 6.78. The van der Waals surface area contributed by atoms with E-state index in [0.29, 0.717) is 6.04 Å². The molecule has 4 nitrogen and oxygen atoms in total. The van der Waals surface area contributed by atoms with E-state index in [-0.39, 0.29) is 6.61 Å². The van der Waals surface area contributed by atoms with Gasteiger partial charge >= 0.3 is 0 Å². The number of β-amino-alcohol motifs (C(OH)–C–C–N with tert-alkyl or cyclic N) is 1. The van der Waals surface area contributed by atoms with Crippen molar-refractivity contribution in [2.45, 2.75) is 26.4 Å². The smallest absolute Gasteiger partial charge is 0.0558 e. The molecule has 118 valence electrons. The first kappa shape index (κ1) is 16.7. The van der Waals surface area contributed by atoms with Crippen LogP contribution in [0.5, 0.6) is 0 Å². The lowest BCUT2D eigenvalue weighted by atomic mass is 10.1. The van der Waals surface area contributed by atoms with Crippen LogP contribution >= 0.6 is 15.9 Å². The normalized spacial score (nSPS) is 16.7. The third-order valence-corrected chi connectivity index (χ3v) is 4.36. The lowest BCUT2D eigenvalue weighted by Gasteiger charge is -2.37. The molecule has 0 unspecified atom stereocenters. The van der Waals surface area contributed by atoms with Gasteiger partial charge in [0.05, 0.1) is 6.61 Å². The number of halogens is 1. The summed E-state index contributed by atoms with van der Waals surface area (Å²) in [5.74, 6) is 0. The van der Waals surface area contributed by atoms with E-state index >= 15 is 0 Å². The molecule has 1 aliphatic heterocycles. The largest absolute Gasteiger partial charge is 0.395 e. The predicted octanol–water partition coefficient (Wildman–Crippen LogP) is 2.06. The molecule has 0 spiro atoms. The Morgan fingerprint density at radius 2 is 1.95 bits per heavy atom. The summed E-state index contributed by atoms with van der Waals surface area (Å²) in [5, 5.41) is 12.5.